The number of halogens is 1. The number of aryl methyl sites for hydroxylation is 1. The third kappa shape index (κ3) is 2.49. The fourth-order valence-electron chi connectivity index (χ4n) is 2.32. The van der Waals surface area contributed by atoms with Crippen molar-refractivity contribution >= 4 is 28.2 Å². The van der Waals surface area contributed by atoms with Crippen molar-refractivity contribution in [2.45, 2.75) is 12.4 Å². The number of nitrogens with one attached hydrogen (secondary N) is 1. The summed E-state index contributed by atoms with van der Waals surface area (Å²) in [6.45, 7) is 0.710. The Kier molecular flexibility index (Phi) is 3.61. The van der Waals surface area contributed by atoms with Gasteiger partial charge in [0, 0.05) is 24.0 Å². The Labute approximate surface area is 123 Å². The zero-order valence-corrected chi connectivity index (χ0v) is 12.1. The monoisotopic (exact) mass is 285 g/mol. The molecule has 0 unspecified atom stereocenters. The number of nitrogens with zero attached hydrogens (tertiary/aromatic N) is 2. The van der Waals surface area contributed by atoms with Gasteiger partial charge in [0.25, 0.3) is 0 Å². The molecule has 0 aliphatic rings. The van der Waals surface area contributed by atoms with Gasteiger partial charge in [0.15, 0.2) is 0 Å². The smallest absolute Gasteiger partial charge is 0.0894 e. The maximum atomic E-state index is 5.79. The van der Waals surface area contributed by atoms with E-state index in [1.54, 1.807) is 0 Å². The summed E-state index contributed by atoms with van der Waals surface area (Å²) in [5.74, 6) is 0.547. The summed E-state index contributed by atoms with van der Waals surface area (Å²) in [6, 6.07) is 16.4. The second-order valence-electron chi connectivity index (χ2n) is 4.77. The molecule has 0 aliphatic carbocycles. The Balaban J connectivity index is 1.79. The van der Waals surface area contributed by atoms with Gasteiger partial charge in [-0.2, -0.15) is 5.10 Å². The fourth-order valence-corrected chi connectivity index (χ4v) is 2.49. The van der Waals surface area contributed by atoms with Crippen molar-refractivity contribution < 1.29 is 0 Å². The molecule has 0 saturated heterocycles. The average molecular weight is 286 g/mol. The van der Waals surface area contributed by atoms with Crippen molar-refractivity contribution in [1.29, 1.82) is 0 Å². The molecule has 3 aromatic rings. The lowest BCUT2D eigenvalue weighted by atomic mass is 10.2. The molecule has 0 spiro atoms. The van der Waals surface area contributed by atoms with Crippen molar-refractivity contribution in [1.82, 2.24) is 9.78 Å². The lowest BCUT2D eigenvalue weighted by molar-refractivity contribution is 0.771. The van der Waals surface area contributed by atoms with Crippen LogP contribution in [0.2, 0.25) is 0 Å². The van der Waals surface area contributed by atoms with Crippen LogP contribution in [0.15, 0.2) is 48.5 Å². The Morgan fingerprint density at radius 1 is 1.10 bits per heavy atom. The lowest BCUT2D eigenvalue weighted by Gasteiger charge is -2.05. The summed E-state index contributed by atoms with van der Waals surface area (Å²) in [6.07, 6.45) is 0. The van der Waals surface area contributed by atoms with Crippen molar-refractivity contribution in [3.63, 3.8) is 0 Å². The van der Waals surface area contributed by atoms with E-state index in [0.717, 1.165) is 22.5 Å². The van der Waals surface area contributed by atoms with Gasteiger partial charge in [-0.1, -0.05) is 30.3 Å². The molecule has 0 fully saturated rings. The lowest BCUT2D eigenvalue weighted by Crippen LogP contribution is -2.01. The predicted octanol–water partition coefficient (Wildman–Crippen LogP) is 3.92. The highest BCUT2D eigenvalue weighted by atomic mass is 35.5. The highest BCUT2D eigenvalue weighted by molar-refractivity contribution is 6.17. The zero-order valence-electron chi connectivity index (χ0n) is 11.3. The Morgan fingerprint density at radius 3 is 2.60 bits per heavy atom. The van der Waals surface area contributed by atoms with Crippen LogP contribution in [0.25, 0.3) is 10.9 Å². The molecular formula is C16H16ClN3. The van der Waals surface area contributed by atoms with Crippen LogP contribution >= 0.6 is 11.6 Å². The number of rotatable bonds is 4. The summed E-state index contributed by atoms with van der Waals surface area (Å²) in [4.78, 5) is 0. The first-order chi connectivity index (χ1) is 9.78. The van der Waals surface area contributed by atoms with Crippen LogP contribution < -0.4 is 5.32 Å². The number of fused-ring (bicyclic) bond motifs is 1. The first-order valence-corrected chi connectivity index (χ1v) is 7.11. The van der Waals surface area contributed by atoms with Crippen molar-refractivity contribution in [2.75, 3.05) is 5.32 Å². The number of hydrogen-bond donors (Lipinski definition) is 1. The number of alkyl halides is 1. The molecule has 102 valence electrons. The van der Waals surface area contributed by atoms with Crippen LogP contribution in [-0.4, -0.2) is 9.78 Å². The number of aromatic nitrogens is 2. The molecule has 3 rings (SSSR count). The summed E-state index contributed by atoms with van der Waals surface area (Å²) in [5.41, 5.74) is 4.42. The Morgan fingerprint density at radius 2 is 1.85 bits per heavy atom. The van der Waals surface area contributed by atoms with Gasteiger partial charge in [0.1, 0.15) is 0 Å². The molecule has 2 aromatic carbocycles. The third-order valence-corrected chi connectivity index (χ3v) is 3.71. The second kappa shape index (κ2) is 5.55. The van der Waals surface area contributed by atoms with E-state index in [2.05, 4.69) is 22.5 Å². The van der Waals surface area contributed by atoms with E-state index >= 15 is 0 Å². The van der Waals surface area contributed by atoms with E-state index in [4.69, 9.17) is 11.6 Å². The standard InChI is InChI=1S/C16H16ClN3/c1-20-16-5-3-2-4-14(16)15(19-20)11-18-13-8-6-12(10-17)7-9-13/h2-9,18H,10-11H2,1H3. The minimum Gasteiger partial charge on any atom is -0.379 e. The molecule has 0 atom stereocenters. The van der Waals surface area contributed by atoms with Gasteiger partial charge in [0.2, 0.25) is 0 Å². The van der Waals surface area contributed by atoms with Gasteiger partial charge in [-0.3, -0.25) is 4.68 Å². The van der Waals surface area contributed by atoms with Gasteiger partial charge >= 0.3 is 0 Å². The van der Waals surface area contributed by atoms with Crippen LogP contribution in [-0.2, 0) is 19.5 Å². The summed E-state index contributed by atoms with van der Waals surface area (Å²) >= 11 is 5.79. The average Bonchev–Trinajstić information content (AvgIpc) is 2.83. The molecule has 1 aromatic heterocycles. The quantitative estimate of drug-likeness (QED) is 0.736. The van der Waals surface area contributed by atoms with Crippen molar-refractivity contribution in [2.24, 2.45) is 7.05 Å². The molecule has 0 saturated carbocycles. The van der Waals surface area contributed by atoms with Crippen LogP contribution in [0.3, 0.4) is 0 Å². The molecule has 1 N–H and O–H groups in total. The van der Waals surface area contributed by atoms with Gasteiger partial charge in [-0.05, 0) is 23.8 Å². The number of hydrogen-bond acceptors (Lipinski definition) is 2. The largest absolute Gasteiger partial charge is 0.379 e. The summed E-state index contributed by atoms with van der Waals surface area (Å²) in [5, 5.41) is 9.16. The topological polar surface area (TPSA) is 29.9 Å². The number of anilines is 1. The molecule has 4 heteroatoms. The van der Waals surface area contributed by atoms with Crippen molar-refractivity contribution in [3.05, 3.63) is 59.8 Å². The normalized spacial score (nSPS) is 10.9. The number of benzene rings is 2. The SMILES string of the molecule is Cn1nc(CNc2ccc(CCl)cc2)c2ccccc21. The molecule has 0 aliphatic heterocycles. The zero-order chi connectivity index (χ0) is 13.9. The number of para-hydroxylation sites is 1. The van der Waals surface area contributed by atoms with Gasteiger partial charge in [-0.25, -0.2) is 0 Å². The van der Waals surface area contributed by atoms with E-state index in [1.165, 1.54) is 5.39 Å². The minimum absolute atomic E-state index is 0.547. The molecule has 0 bridgehead atoms. The first kappa shape index (κ1) is 13.0. The minimum atomic E-state index is 0.547. The second-order valence-corrected chi connectivity index (χ2v) is 5.04. The molecular weight excluding hydrogens is 270 g/mol. The summed E-state index contributed by atoms with van der Waals surface area (Å²) < 4.78 is 1.92. The van der Waals surface area contributed by atoms with E-state index < -0.39 is 0 Å². The summed E-state index contributed by atoms with van der Waals surface area (Å²) in [7, 11) is 1.97. The molecule has 20 heavy (non-hydrogen) atoms. The third-order valence-electron chi connectivity index (χ3n) is 3.40. The van der Waals surface area contributed by atoms with E-state index in [-0.39, 0.29) is 0 Å². The van der Waals surface area contributed by atoms with Crippen molar-refractivity contribution in [3.8, 4) is 0 Å². The molecule has 1 heterocycles. The molecule has 0 amide bonds. The van der Waals surface area contributed by atoms with Gasteiger partial charge in [-0.15, -0.1) is 11.6 Å². The van der Waals surface area contributed by atoms with Crippen LogP contribution in [0, 0.1) is 0 Å². The van der Waals surface area contributed by atoms with E-state index in [0.29, 0.717) is 12.4 Å². The van der Waals surface area contributed by atoms with Crippen LogP contribution in [0.4, 0.5) is 5.69 Å². The van der Waals surface area contributed by atoms with Gasteiger partial charge in [0.05, 0.1) is 17.8 Å². The van der Waals surface area contributed by atoms with E-state index in [9.17, 15) is 0 Å². The van der Waals surface area contributed by atoms with Gasteiger partial charge < -0.3 is 5.32 Å². The maximum absolute atomic E-state index is 5.79. The highest BCUT2D eigenvalue weighted by Crippen LogP contribution is 2.19. The fraction of sp³-hybridized carbons (Fsp3) is 0.188. The predicted molar refractivity (Wildman–Crippen MR) is 84.0 cm³/mol. The molecule has 3 nitrogen and oxygen atoms in total. The Bertz CT molecular complexity index is 716. The maximum Gasteiger partial charge on any atom is 0.0894 e. The first-order valence-electron chi connectivity index (χ1n) is 6.57. The highest BCUT2D eigenvalue weighted by Gasteiger charge is 2.07. The van der Waals surface area contributed by atoms with Crippen LogP contribution in [0.1, 0.15) is 11.3 Å². The van der Waals surface area contributed by atoms with E-state index in [1.807, 2.05) is 48.1 Å². The Hall–Kier alpha value is -2.00. The molecule has 0 radical (unpaired) electrons. The van der Waals surface area contributed by atoms with Crippen LogP contribution in [0.5, 0.6) is 0 Å².